The standard InChI is InChI=1S/C23H26ClN3O3/c1-2-9-27(14-17-8-10-29-15-17)22(28)18-6-7-21-20(12-18)26-23(30-21)25-13-16-4-3-5-19(24)11-16/h3-7,11-12,17H,2,8-10,13-15H2,1H3,(H,25,26). The molecule has 158 valence electrons. The number of rotatable bonds is 8. The van der Waals surface area contributed by atoms with Crippen molar-refractivity contribution in [1.82, 2.24) is 9.88 Å². The molecular weight excluding hydrogens is 402 g/mol. The Morgan fingerprint density at radius 1 is 1.30 bits per heavy atom. The number of anilines is 1. The number of carbonyl (C=O) groups is 1. The van der Waals surface area contributed by atoms with E-state index in [4.69, 9.17) is 20.8 Å². The normalized spacial score (nSPS) is 16.1. The number of carbonyl (C=O) groups excluding carboxylic acids is 1. The highest BCUT2D eigenvalue weighted by Crippen LogP contribution is 2.23. The van der Waals surface area contributed by atoms with Crippen LogP contribution in [0.1, 0.15) is 35.7 Å². The molecule has 1 saturated heterocycles. The number of nitrogens with zero attached hydrogens (tertiary/aromatic N) is 2. The Morgan fingerprint density at radius 3 is 2.97 bits per heavy atom. The van der Waals surface area contributed by atoms with Crippen LogP contribution in [0.25, 0.3) is 11.1 Å². The van der Waals surface area contributed by atoms with Crippen LogP contribution in [0.4, 0.5) is 6.01 Å². The molecule has 6 nitrogen and oxygen atoms in total. The Morgan fingerprint density at radius 2 is 2.20 bits per heavy atom. The molecule has 1 aromatic heterocycles. The minimum absolute atomic E-state index is 0.0297. The van der Waals surface area contributed by atoms with E-state index in [9.17, 15) is 4.79 Å². The molecule has 1 amide bonds. The predicted octanol–water partition coefficient (Wildman–Crippen LogP) is 4.98. The number of hydrogen-bond acceptors (Lipinski definition) is 5. The molecule has 0 aliphatic carbocycles. The maximum absolute atomic E-state index is 13.1. The summed E-state index contributed by atoms with van der Waals surface area (Å²) in [5.41, 5.74) is 2.97. The van der Waals surface area contributed by atoms with Crippen molar-refractivity contribution in [3.63, 3.8) is 0 Å². The van der Waals surface area contributed by atoms with Gasteiger partial charge in [-0.25, -0.2) is 0 Å². The summed E-state index contributed by atoms with van der Waals surface area (Å²) >= 11 is 6.03. The summed E-state index contributed by atoms with van der Waals surface area (Å²) in [6.07, 6.45) is 1.93. The van der Waals surface area contributed by atoms with Crippen molar-refractivity contribution in [3.05, 3.63) is 58.6 Å². The summed E-state index contributed by atoms with van der Waals surface area (Å²) in [6, 6.07) is 13.5. The lowest BCUT2D eigenvalue weighted by atomic mass is 10.1. The van der Waals surface area contributed by atoms with Gasteiger partial charge in [-0.15, -0.1) is 0 Å². The third-order valence-corrected chi connectivity index (χ3v) is 5.49. The van der Waals surface area contributed by atoms with Gasteiger partial charge >= 0.3 is 0 Å². The lowest BCUT2D eigenvalue weighted by molar-refractivity contribution is 0.0721. The number of benzene rings is 2. The fourth-order valence-corrected chi connectivity index (χ4v) is 3.94. The van der Waals surface area contributed by atoms with E-state index in [2.05, 4.69) is 17.2 Å². The van der Waals surface area contributed by atoms with E-state index >= 15 is 0 Å². The number of ether oxygens (including phenoxy) is 1. The molecule has 7 heteroatoms. The second kappa shape index (κ2) is 9.49. The van der Waals surface area contributed by atoms with Crippen molar-refractivity contribution < 1.29 is 13.9 Å². The van der Waals surface area contributed by atoms with E-state index in [1.807, 2.05) is 41.3 Å². The van der Waals surface area contributed by atoms with Crippen LogP contribution in [-0.2, 0) is 11.3 Å². The van der Waals surface area contributed by atoms with E-state index in [1.165, 1.54) is 0 Å². The quantitative estimate of drug-likeness (QED) is 0.549. The first-order valence-electron chi connectivity index (χ1n) is 10.4. The monoisotopic (exact) mass is 427 g/mol. The highest BCUT2D eigenvalue weighted by molar-refractivity contribution is 6.30. The highest BCUT2D eigenvalue weighted by atomic mass is 35.5. The van der Waals surface area contributed by atoms with Crippen molar-refractivity contribution in [2.45, 2.75) is 26.3 Å². The molecule has 1 atom stereocenters. The number of halogens is 1. The molecule has 1 unspecified atom stereocenters. The Labute approximate surface area is 181 Å². The summed E-state index contributed by atoms with van der Waals surface area (Å²) < 4.78 is 11.2. The van der Waals surface area contributed by atoms with Crippen LogP contribution in [0.15, 0.2) is 46.9 Å². The van der Waals surface area contributed by atoms with E-state index in [0.717, 1.165) is 44.7 Å². The maximum atomic E-state index is 13.1. The van der Waals surface area contributed by atoms with Gasteiger partial charge in [-0.2, -0.15) is 4.98 Å². The van der Waals surface area contributed by atoms with Crippen LogP contribution in [0.2, 0.25) is 5.02 Å². The van der Waals surface area contributed by atoms with Crippen LogP contribution in [0.5, 0.6) is 0 Å². The van der Waals surface area contributed by atoms with Gasteiger partial charge in [0, 0.05) is 42.7 Å². The number of oxazole rings is 1. The summed E-state index contributed by atoms with van der Waals surface area (Å²) in [6.45, 7) is 5.62. The third kappa shape index (κ3) is 4.94. The molecule has 1 fully saturated rings. The minimum Gasteiger partial charge on any atom is -0.424 e. The molecule has 4 rings (SSSR count). The molecule has 0 radical (unpaired) electrons. The zero-order chi connectivity index (χ0) is 20.9. The van der Waals surface area contributed by atoms with Gasteiger partial charge in [0.2, 0.25) is 0 Å². The second-order valence-electron chi connectivity index (χ2n) is 7.67. The van der Waals surface area contributed by atoms with Crippen molar-refractivity contribution in [2.75, 3.05) is 31.6 Å². The summed E-state index contributed by atoms with van der Waals surface area (Å²) in [5.74, 6) is 0.445. The molecule has 1 aliphatic rings. The van der Waals surface area contributed by atoms with Gasteiger partial charge in [0.05, 0.1) is 6.61 Å². The molecule has 1 N–H and O–H groups in total. The molecule has 0 bridgehead atoms. The molecule has 30 heavy (non-hydrogen) atoms. The highest BCUT2D eigenvalue weighted by Gasteiger charge is 2.23. The molecule has 0 spiro atoms. The van der Waals surface area contributed by atoms with Crippen molar-refractivity contribution in [3.8, 4) is 0 Å². The molecule has 0 saturated carbocycles. The van der Waals surface area contributed by atoms with Gasteiger partial charge in [0.1, 0.15) is 5.52 Å². The fourth-order valence-electron chi connectivity index (χ4n) is 3.73. The average Bonchev–Trinajstić information content (AvgIpc) is 3.40. The molecule has 1 aliphatic heterocycles. The van der Waals surface area contributed by atoms with Crippen molar-refractivity contribution in [1.29, 1.82) is 0 Å². The number of hydrogen-bond donors (Lipinski definition) is 1. The van der Waals surface area contributed by atoms with Crippen molar-refractivity contribution in [2.24, 2.45) is 5.92 Å². The Kier molecular flexibility index (Phi) is 6.55. The van der Waals surface area contributed by atoms with Gasteiger partial charge in [-0.05, 0) is 48.7 Å². The third-order valence-electron chi connectivity index (χ3n) is 5.25. The first-order valence-corrected chi connectivity index (χ1v) is 10.8. The number of amides is 1. The Hall–Kier alpha value is -2.57. The summed E-state index contributed by atoms with van der Waals surface area (Å²) in [5, 5.41) is 3.86. The van der Waals surface area contributed by atoms with Gasteiger partial charge in [-0.3, -0.25) is 4.79 Å². The maximum Gasteiger partial charge on any atom is 0.295 e. The van der Waals surface area contributed by atoms with Crippen LogP contribution in [0, 0.1) is 5.92 Å². The zero-order valence-electron chi connectivity index (χ0n) is 17.1. The van der Waals surface area contributed by atoms with Crippen LogP contribution < -0.4 is 5.32 Å². The first kappa shape index (κ1) is 20.7. The molecule has 2 heterocycles. The second-order valence-corrected chi connectivity index (χ2v) is 8.10. The van der Waals surface area contributed by atoms with Gasteiger partial charge in [-0.1, -0.05) is 30.7 Å². The lowest BCUT2D eigenvalue weighted by Gasteiger charge is -2.25. The Bertz CT molecular complexity index is 1010. The molecule has 3 aromatic rings. The SMILES string of the molecule is CCCN(CC1CCOC1)C(=O)c1ccc2oc(NCc3cccc(Cl)c3)nc2c1. The topological polar surface area (TPSA) is 67.6 Å². The van der Waals surface area contributed by atoms with Crippen LogP contribution in [-0.4, -0.2) is 42.1 Å². The zero-order valence-corrected chi connectivity index (χ0v) is 17.8. The fraction of sp³-hybridized carbons (Fsp3) is 0.391. The average molecular weight is 428 g/mol. The van der Waals surface area contributed by atoms with Crippen LogP contribution >= 0.6 is 11.6 Å². The smallest absolute Gasteiger partial charge is 0.295 e. The Balaban J connectivity index is 1.47. The summed E-state index contributed by atoms with van der Waals surface area (Å²) in [7, 11) is 0. The van der Waals surface area contributed by atoms with Crippen molar-refractivity contribution >= 4 is 34.6 Å². The number of fused-ring (bicyclic) bond motifs is 1. The van der Waals surface area contributed by atoms with Gasteiger partial charge in [0.25, 0.3) is 11.9 Å². The molecule has 2 aromatic carbocycles. The van der Waals surface area contributed by atoms with E-state index in [0.29, 0.717) is 40.2 Å². The van der Waals surface area contributed by atoms with Crippen LogP contribution in [0.3, 0.4) is 0 Å². The van der Waals surface area contributed by atoms with E-state index in [1.54, 1.807) is 6.07 Å². The largest absolute Gasteiger partial charge is 0.424 e. The minimum atomic E-state index is 0.0297. The number of nitrogens with one attached hydrogen (secondary N) is 1. The molecular formula is C23H26ClN3O3. The van der Waals surface area contributed by atoms with E-state index in [-0.39, 0.29) is 5.91 Å². The van der Waals surface area contributed by atoms with E-state index < -0.39 is 0 Å². The lowest BCUT2D eigenvalue weighted by Crippen LogP contribution is -2.36. The van der Waals surface area contributed by atoms with Gasteiger partial charge < -0.3 is 19.4 Å². The van der Waals surface area contributed by atoms with Gasteiger partial charge in [0.15, 0.2) is 5.58 Å². The summed E-state index contributed by atoms with van der Waals surface area (Å²) in [4.78, 5) is 19.5. The first-order chi connectivity index (χ1) is 14.6. The predicted molar refractivity (Wildman–Crippen MR) is 118 cm³/mol. The number of aromatic nitrogens is 1.